The molecule has 0 fully saturated rings. The van der Waals surface area contributed by atoms with Gasteiger partial charge in [-0.15, -0.1) is 0 Å². The van der Waals surface area contributed by atoms with Crippen LogP contribution >= 0.6 is 0 Å². The van der Waals surface area contributed by atoms with Gasteiger partial charge in [-0.1, -0.05) is 20.3 Å². The van der Waals surface area contributed by atoms with Gasteiger partial charge in [0.2, 0.25) is 0 Å². The molecule has 2 nitrogen and oxygen atoms in total. The Morgan fingerprint density at radius 3 is 2.36 bits per heavy atom. The van der Waals surface area contributed by atoms with E-state index in [1.807, 2.05) is 13.8 Å². The smallest absolute Gasteiger partial charge is 0.111 e. The maximum absolute atomic E-state index is 5.64. The molecular formula is C9H21NO. The third-order valence-corrected chi connectivity index (χ3v) is 1.78. The van der Waals surface area contributed by atoms with Gasteiger partial charge in [-0.25, -0.2) is 0 Å². The van der Waals surface area contributed by atoms with E-state index in [2.05, 4.69) is 13.8 Å². The van der Waals surface area contributed by atoms with Crippen LogP contribution < -0.4 is 5.73 Å². The van der Waals surface area contributed by atoms with Crippen LogP contribution in [0.2, 0.25) is 0 Å². The van der Waals surface area contributed by atoms with E-state index in [4.69, 9.17) is 10.5 Å². The van der Waals surface area contributed by atoms with E-state index in [0.29, 0.717) is 0 Å². The zero-order valence-corrected chi connectivity index (χ0v) is 8.18. The summed E-state index contributed by atoms with van der Waals surface area (Å²) in [6, 6.07) is 0. The Hall–Kier alpha value is -0.0800. The van der Waals surface area contributed by atoms with Crippen molar-refractivity contribution in [2.24, 2.45) is 11.7 Å². The fourth-order valence-electron chi connectivity index (χ4n) is 0.727. The van der Waals surface area contributed by atoms with Crippen LogP contribution in [0.4, 0.5) is 0 Å². The Kier molecular flexibility index (Phi) is 4.69. The molecule has 68 valence electrons. The zero-order chi connectivity index (χ0) is 8.91. The van der Waals surface area contributed by atoms with Crippen LogP contribution in [0.25, 0.3) is 0 Å². The van der Waals surface area contributed by atoms with Crippen LogP contribution in [0.5, 0.6) is 0 Å². The highest BCUT2D eigenvalue weighted by molar-refractivity contribution is 4.57. The summed E-state index contributed by atoms with van der Waals surface area (Å²) in [5.74, 6) is 0.748. The molecule has 0 bridgehead atoms. The summed E-state index contributed by atoms with van der Waals surface area (Å²) in [7, 11) is 0. The molecule has 2 heteroatoms. The normalized spacial score (nSPS) is 15.0. The highest BCUT2D eigenvalue weighted by Gasteiger charge is 2.10. The third kappa shape index (κ3) is 7.82. The molecule has 0 heterocycles. The van der Waals surface area contributed by atoms with Crippen molar-refractivity contribution in [2.75, 3.05) is 6.61 Å². The average Bonchev–Trinajstić information content (AvgIpc) is 1.85. The number of rotatable bonds is 5. The molecule has 0 saturated carbocycles. The predicted octanol–water partition coefficient (Wildman–Crippen LogP) is 2.13. The fraction of sp³-hybridized carbons (Fsp3) is 1.00. The summed E-state index contributed by atoms with van der Waals surface area (Å²) in [5, 5.41) is 0. The zero-order valence-electron chi connectivity index (χ0n) is 8.18. The predicted molar refractivity (Wildman–Crippen MR) is 48.3 cm³/mol. The highest BCUT2D eigenvalue weighted by atomic mass is 16.5. The van der Waals surface area contributed by atoms with E-state index in [1.165, 1.54) is 6.42 Å². The van der Waals surface area contributed by atoms with Gasteiger partial charge in [0.1, 0.15) is 5.72 Å². The van der Waals surface area contributed by atoms with E-state index in [9.17, 15) is 0 Å². The second-order valence-electron chi connectivity index (χ2n) is 3.75. The van der Waals surface area contributed by atoms with Crippen molar-refractivity contribution in [3.05, 3.63) is 0 Å². The molecule has 11 heavy (non-hydrogen) atoms. The number of hydrogen-bond acceptors (Lipinski definition) is 2. The van der Waals surface area contributed by atoms with Crippen LogP contribution in [0.15, 0.2) is 0 Å². The van der Waals surface area contributed by atoms with Crippen LogP contribution in [0.3, 0.4) is 0 Å². The molecule has 0 aromatic heterocycles. The van der Waals surface area contributed by atoms with Crippen LogP contribution in [0, 0.1) is 5.92 Å². The molecule has 0 spiro atoms. The number of hydrogen-bond donors (Lipinski definition) is 1. The molecule has 0 radical (unpaired) electrons. The van der Waals surface area contributed by atoms with Crippen molar-refractivity contribution >= 4 is 0 Å². The maximum atomic E-state index is 5.64. The Labute approximate surface area is 70.1 Å². The SMILES string of the molecule is CCC(C)CCOC(C)(C)N. The summed E-state index contributed by atoms with van der Waals surface area (Å²) in [5.41, 5.74) is 5.18. The van der Waals surface area contributed by atoms with Gasteiger partial charge in [0, 0.05) is 6.61 Å². The average molecular weight is 159 g/mol. The van der Waals surface area contributed by atoms with Crippen molar-refractivity contribution in [3.8, 4) is 0 Å². The summed E-state index contributed by atoms with van der Waals surface area (Å²) in [6.07, 6.45) is 2.32. The van der Waals surface area contributed by atoms with Crippen LogP contribution in [-0.2, 0) is 4.74 Å². The molecule has 0 rings (SSSR count). The quantitative estimate of drug-likeness (QED) is 0.624. The molecule has 0 aromatic rings. The second kappa shape index (κ2) is 4.73. The van der Waals surface area contributed by atoms with Crippen molar-refractivity contribution in [2.45, 2.75) is 46.3 Å². The standard InChI is InChI=1S/C9H21NO/c1-5-8(2)6-7-11-9(3,4)10/h8H,5-7,10H2,1-4H3. The van der Waals surface area contributed by atoms with Gasteiger partial charge in [-0.05, 0) is 26.2 Å². The molecule has 0 aliphatic heterocycles. The lowest BCUT2D eigenvalue weighted by molar-refractivity contribution is -0.0179. The first-order chi connectivity index (χ1) is 4.95. The minimum atomic E-state index is -0.465. The maximum Gasteiger partial charge on any atom is 0.111 e. The van der Waals surface area contributed by atoms with E-state index >= 15 is 0 Å². The monoisotopic (exact) mass is 159 g/mol. The minimum Gasteiger partial charge on any atom is -0.361 e. The lowest BCUT2D eigenvalue weighted by Gasteiger charge is -2.20. The van der Waals surface area contributed by atoms with Gasteiger partial charge in [0.15, 0.2) is 0 Å². The summed E-state index contributed by atoms with van der Waals surface area (Å²) < 4.78 is 5.38. The first kappa shape index (κ1) is 10.9. The molecule has 1 atom stereocenters. The van der Waals surface area contributed by atoms with Crippen LogP contribution in [-0.4, -0.2) is 12.3 Å². The van der Waals surface area contributed by atoms with Gasteiger partial charge in [-0.2, -0.15) is 0 Å². The molecule has 0 aliphatic rings. The first-order valence-electron chi connectivity index (χ1n) is 4.38. The number of ether oxygens (including phenoxy) is 1. The van der Waals surface area contributed by atoms with Gasteiger partial charge in [0.05, 0.1) is 0 Å². The van der Waals surface area contributed by atoms with Gasteiger partial charge in [0.25, 0.3) is 0 Å². The summed E-state index contributed by atoms with van der Waals surface area (Å²) in [4.78, 5) is 0. The minimum absolute atomic E-state index is 0.465. The Balaban J connectivity index is 3.28. The Bertz CT molecular complexity index is 96.2. The Morgan fingerprint density at radius 2 is 2.00 bits per heavy atom. The van der Waals surface area contributed by atoms with Crippen molar-refractivity contribution in [1.29, 1.82) is 0 Å². The molecule has 2 N–H and O–H groups in total. The summed E-state index contributed by atoms with van der Waals surface area (Å²) >= 11 is 0. The van der Waals surface area contributed by atoms with Crippen LogP contribution in [0.1, 0.15) is 40.5 Å². The lowest BCUT2D eigenvalue weighted by Crippen LogP contribution is -2.35. The molecule has 0 amide bonds. The molecule has 0 aromatic carbocycles. The van der Waals surface area contributed by atoms with Gasteiger partial charge >= 0.3 is 0 Å². The number of nitrogens with two attached hydrogens (primary N) is 1. The Morgan fingerprint density at radius 1 is 1.45 bits per heavy atom. The highest BCUT2D eigenvalue weighted by Crippen LogP contribution is 2.08. The van der Waals surface area contributed by atoms with Crippen molar-refractivity contribution < 1.29 is 4.74 Å². The van der Waals surface area contributed by atoms with Crippen molar-refractivity contribution in [3.63, 3.8) is 0 Å². The molecular weight excluding hydrogens is 138 g/mol. The third-order valence-electron chi connectivity index (χ3n) is 1.78. The topological polar surface area (TPSA) is 35.2 Å². The van der Waals surface area contributed by atoms with Gasteiger partial charge < -0.3 is 10.5 Å². The second-order valence-corrected chi connectivity index (χ2v) is 3.75. The van der Waals surface area contributed by atoms with E-state index in [1.54, 1.807) is 0 Å². The van der Waals surface area contributed by atoms with E-state index in [0.717, 1.165) is 18.9 Å². The molecule has 0 aliphatic carbocycles. The van der Waals surface area contributed by atoms with E-state index < -0.39 is 5.72 Å². The fourth-order valence-corrected chi connectivity index (χ4v) is 0.727. The summed E-state index contributed by atoms with van der Waals surface area (Å²) in [6.45, 7) is 8.96. The molecule has 1 unspecified atom stereocenters. The van der Waals surface area contributed by atoms with Crippen molar-refractivity contribution in [1.82, 2.24) is 0 Å². The van der Waals surface area contributed by atoms with E-state index in [-0.39, 0.29) is 0 Å². The van der Waals surface area contributed by atoms with Gasteiger partial charge in [-0.3, -0.25) is 0 Å². The lowest BCUT2D eigenvalue weighted by atomic mass is 10.1. The molecule has 0 saturated heterocycles. The first-order valence-corrected chi connectivity index (χ1v) is 4.38. The largest absolute Gasteiger partial charge is 0.361 e.